The molecule has 2 heterocycles. The maximum absolute atomic E-state index is 5.77. The van der Waals surface area contributed by atoms with Crippen molar-refractivity contribution in [1.29, 1.82) is 0 Å². The van der Waals surface area contributed by atoms with E-state index in [-0.39, 0.29) is 0 Å². The van der Waals surface area contributed by atoms with E-state index in [1.165, 1.54) is 18.4 Å². The normalized spacial score (nSPS) is 15.6. The Morgan fingerprint density at radius 2 is 2.38 bits per heavy atom. The van der Waals surface area contributed by atoms with Gasteiger partial charge in [0.05, 0.1) is 5.69 Å². The molecule has 3 rings (SSSR count). The molecular weight excluding hydrogens is 218 g/mol. The zero-order valence-corrected chi connectivity index (χ0v) is 9.91. The predicted octanol–water partition coefficient (Wildman–Crippen LogP) is 2.48. The van der Waals surface area contributed by atoms with Crippen molar-refractivity contribution in [2.24, 2.45) is 11.7 Å². The third kappa shape index (κ3) is 1.90. The maximum Gasteiger partial charge on any atom is 0.0976 e. The van der Waals surface area contributed by atoms with Gasteiger partial charge in [0.15, 0.2) is 0 Å². The molecular formula is C12H15N3S. The molecule has 0 saturated heterocycles. The Balaban J connectivity index is 1.92. The van der Waals surface area contributed by atoms with E-state index in [9.17, 15) is 0 Å². The van der Waals surface area contributed by atoms with Crippen LogP contribution in [-0.4, -0.2) is 9.78 Å². The molecule has 1 fully saturated rings. The lowest BCUT2D eigenvalue weighted by Gasteiger charge is -1.96. The van der Waals surface area contributed by atoms with Crippen LogP contribution < -0.4 is 5.73 Å². The van der Waals surface area contributed by atoms with Gasteiger partial charge in [-0.2, -0.15) is 16.4 Å². The smallest absolute Gasteiger partial charge is 0.0976 e. The molecule has 84 valence electrons. The van der Waals surface area contributed by atoms with Crippen LogP contribution in [0.4, 0.5) is 0 Å². The maximum atomic E-state index is 5.77. The highest BCUT2D eigenvalue weighted by Gasteiger charge is 2.22. The average molecular weight is 233 g/mol. The SMILES string of the molecule is NCc1cn(CC2CC2)nc1-c1ccsc1. The van der Waals surface area contributed by atoms with Crippen LogP contribution in [0.1, 0.15) is 18.4 Å². The van der Waals surface area contributed by atoms with E-state index in [0.717, 1.165) is 23.7 Å². The van der Waals surface area contributed by atoms with E-state index in [2.05, 4.69) is 32.8 Å². The van der Waals surface area contributed by atoms with Gasteiger partial charge in [0.1, 0.15) is 0 Å². The summed E-state index contributed by atoms with van der Waals surface area (Å²) in [6.45, 7) is 1.62. The molecule has 0 bridgehead atoms. The number of aromatic nitrogens is 2. The van der Waals surface area contributed by atoms with E-state index in [0.29, 0.717) is 6.54 Å². The summed E-state index contributed by atoms with van der Waals surface area (Å²) < 4.78 is 2.06. The van der Waals surface area contributed by atoms with Crippen molar-refractivity contribution in [3.8, 4) is 11.3 Å². The van der Waals surface area contributed by atoms with Gasteiger partial charge < -0.3 is 5.73 Å². The van der Waals surface area contributed by atoms with Crippen molar-refractivity contribution < 1.29 is 0 Å². The van der Waals surface area contributed by atoms with Crippen molar-refractivity contribution in [3.05, 3.63) is 28.6 Å². The minimum atomic E-state index is 0.565. The molecule has 0 aliphatic heterocycles. The first-order valence-corrected chi connectivity index (χ1v) is 6.60. The van der Waals surface area contributed by atoms with Crippen LogP contribution in [0, 0.1) is 5.92 Å². The van der Waals surface area contributed by atoms with Crippen molar-refractivity contribution in [2.45, 2.75) is 25.9 Å². The minimum absolute atomic E-state index is 0.565. The molecule has 0 unspecified atom stereocenters. The molecule has 0 amide bonds. The molecule has 1 aliphatic rings. The quantitative estimate of drug-likeness (QED) is 0.881. The monoisotopic (exact) mass is 233 g/mol. The minimum Gasteiger partial charge on any atom is -0.326 e. The van der Waals surface area contributed by atoms with E-state index < -0.39 is 0 Å². The molecule has 0 aromatic carbocycles. The third-order valence-electron chi connectivity index (χ3n) is 2.99. The summed E-state index contributed by atoms with van der Waals surface area (Å²) in [5, 5.41) is 8.85. The molecule has 0 radical (unpaired) electrons. The second-order valence-electron chi connectivity index (χ2n) is 4.38. The first-order chi connectivity index (χ1) is 7.86. The first kappa shape index (κ1) is 10.1. The lowest BCUT2D eigenvalue weighted by Crippen LogP contribution is -2.00. The van der Waals surface area contributed by atoms with Gasteiger partial charge in [0.25, 0.3) is 0 Å². The van der Waals surface area contributed by atoms with Gasteiger partial charge in [0, 0.05) is 35.8 Å². The van der Waals surface area contributed by atoms with Crippen LogP contribution >= 0.6 is 11.3 Å². The standard InChI is InChI=1S/C12H15N3S/c13-5-11-7-15(6-9-1-2-9)14-12(11)10-3-4-16-8-10/h3-4,7-9H,1-2,5-6,13H2. The highest BCUT2D eigenvalue weighted by atomic mass is 32.1. The molecule has 2 aromatic rings. The summed E-state index contributed by atoms with van der Waals surface area (Å²) in [5.74, 6) is 0.848. The molecule has 16 heavy (non-hydrogen) atoms. The Morgan fingerprint density at radius 1 is 1.50 bits per heavy atom. The zero-order chi connectivity index (χ0) is 11.0. The van der Waals surface area contributed by atoms with Gasteiger partial charge in [0.2, 0.25) is 0 Å². The van der Waals surface area contributed by atoms with Crippen LogP contribution in [0.15, 0.2) is 23.0 Å². The number of nitrogens with two attached hydrogens (primary N) is 1. The van der Waals surface area contributed by atoms with Gasteiger partial charge in [-0.05, 0) is 30.2 Å². The summed E-state index contributed by atoms with van der Waals surface area (Å²) in [4.78, 5) is 0. The third-order valence-corrected chi connectivity index (χ3v) is 3.68. The Labute approximate surface area is 98.9 Å². The molecule has 3 nitrogen and oxygen atoms in total. The van der Waals surface area contributed by atoms with Gasteiger partial charge in [-0.15, -0.1) is 0 Å². The number of thiophene rings is 1. The Hall–Kier alpha value is -1.13. The van der Waals surface area contributed by atoms with Crippen LogP contribution in [0.5, 0.6) is 0 Å². The molecule has 4 heteroatoms. The molecule has 0 atom stereocenters. The summed E-state index contributed by atoms with van der Waals surface area (Å²) in [6, 6.07) is 2.10. The molecule has 2 aromatic heterocycles. The topological polar surface area (TPSA) is 43.8 Å². The lowest BCUT2D eigenvalue weighted by atomic mass is 10.1. The van der Waals surface area contributed by atoms with Gasteiger partial charge in [-0.1, -0.05) is 0 Å². The first-order valence-electron chi connectivity index (χ1n) is 5.66. The fourth-order valence-corrected chi connectivity index (χ4v) is 2.55. The van der Waals surface area contributed by atoms with Crippen molar-refractivity contribution >= 4 is 11.3 Å². The fraction of sp³-hybridized carbons (Fsp3) is 0.417. The summed E-state index contributed by atoms with van der Waals surface area (Å²) in [7, 11) is 0. The molecule has 1 aliphatic carbocycles. The van der Waals surface area contributed by atoms with Crippen molar-refractivity contribution in [3.63, 3.8) is 0 Å². The van der Waals surface area contributed by atoms with Gasteiger partial charge in [-0.3, -0.25) is 4.68 Å². The number of rotatable bonds is 4. The lowest BCUT2D eigenvalue weighted by molar-refractivity contribution is 0.564. The highest BCUT2D eigenvalue weighted by molar-refractivity contribution is 7.08. The summed E-state index contributed by atoms with van der Waals surface area (Å²) in [6.07, 6.45) is 4.81. The van der Waals surface area contributed by atoms with Gasteiger partial charge in [-0.25, -0.2) is 0 Å². The second-order valence-corrected chi connectivity index (χ2v) is 5.16. The van der Waals surface area contributed by atoms with E-state index in [4.69, 9.17) is 5.73 Å². The van der Waals surface area contributed by atoms with Crippen LogP contribution in [0.25, 0.3) is 11.3 Å². The number of hydrogen-bond acceptors (Lipinski definition) is 3. The molecule has 1 saturated carbocycles. The predicted molar refractivity (Wildman–Crippen MR) is 66.2 cm³/mol. The van der Waals surface area contributed by atoms with Crippen LogP contribution in [0.3, 0.4) is 0 Å². The average Bonchev–Trinajstić information content (AvgIpc) is 2.83. The second kappa shape index (κ2) is 4.03. The Morgan fingerprint density at radius 3 is 3.00 bits per heavy atom. The van der Waals surface area contributed by atoms with E-state index >= 15 is 0 Å². The zero-order valence-electron chi connectivity index (χ0n) is 9.10. The van der Waals surface area contributed by atoms with Crippen molar-refractivity contribution in [2.75, 3.05) is 0 Å². The Kier molecular flexibility index (Phi) is 2.53. The van der Waals surface area contributed by atoms with Crippen LogP contribution in [0.2, 0.25) is 0 Å². The summed E-state index contributed by atoms with van der Waals surface area (Å²) >= 11 is 1.70. The molecule has 0 spiro atoms. The molecule has 2 N–H and O–H groups in total. The van der Waals surface area contributed by atoms with E-state index in [1.54, 1.807) is 11.3 Å². The van der Waals surface area contributed by atoms with Crippen molar-refractivity contribution in [1.82, 2.24) is 9.78 Å². The van der Waals surface area contributed by atoms with Crippen LogP contribution in [-0.2, 0) is 13.1 Å². The largest absolute Gasteiger partial charge is 0.326 e. The fourth-order valence-electron chi connectivity index (χ4n) is 1.91. The van der Waals surface area contributed by atoms with Gasteiger partial charge >= 0.3 is 0 Å². The summed E-state index contributed by atoms with van der Waals surface area (Å²) in [5.41, 5.74) is 9.17. The number of nitrogens with zero attached hydrogens (tertiary/aromatic N) is 2. The highest BCUT2D eigenvalue weighted by Crippen LogP contribution is 2.31. The Bertz CT molecular complexity index is 468. The van der Waals surface area contributed by atoms with E-state index in [1.807, 2.05) is 0 Å². The number of hydrogen-bond donors (Lipinski definition) is 1.